The van der Waals surface area contributed by atoms with Gasteiger partial charge in [-0.3, -0.25) is 4.79 Å². The Balaban J connectivity index is 2.18. The number of carbonyl (C=O) groups excluding carboxylic acids is 2. The number of aliphatic hydroxyl groups is 1. The Morgan fingerprint density at radius 3 is 2.62 bits per heavy atom. The van der Waals surface area contributed by atoms with E-state index < -0.39 is 11.5 Å². The third-order valence-electron chi connectivity index (χ3n) is 4.40. The summed E-state index contributed by atoms with van der Waals surface area (Å²) >= 11 is 0. The Morgan fingerprint density at radius 1 is 1.29 bits per heavy atom. The second-order valence-electron chi connectivity index (χ2n) is 6.35. The van der Waals surface area contributed by atoms with Crippen LogP contribution in [0.1, 0.15) is 42.1 Å². The first-order valence-electron chi connectivity index (χ1n) is 8.35. The summed E-state index contributed by atoms with van der Waals surface area (Å²) in [5, 5.41) is 10.2. The fourth-order valence-electron chi connectivity index (χ4n) is 2.78. The smallest absolute Gasteiger partial charge is 0.185 e. The van der Waals surface area contributed by atoms with Crippen molar-refractivity contribution in [2.45, 2.75) is 39.2 Å². The number of hydrogen-bond acceptors (Lipinski definition) is 3. The number of unbranched alkanes of at least 4 members (excludes halogenated alkanes) is 1. The van der Waals surface area contributed by atoms with Crippen LogP contribution in [0.2, 0.25) is 0 Å². The summed E-state index contributed by atoms with van der Waals surface area (Å²) in [6.07, 6.45) is 10.8. The van der Waals surface area contributed by atoms with E-state index in [-0.39, 0.29) is 5.78 Å². The topological polar surface area (TPSA) is 54.4 Å². The maximum absolute atomic E-state index is 12.2. The van der Waals surface area contributed by atoms with Gasteiger partial charge in [-0.15, -0.1) is 0 Å². The molecular formula is C21H24O3. The van der Waals surface area contributed by atoms with E-state index in [2.05, 4.69) is 0 Å². The number of benzene rings is 1. The summed E-state index contributed by atoms with van der Waals surface area (Å²) < 4.78 is 0. The molecule has 3 nitrogen and oxygen atoms in total. The van der Waals surface area contributed by atoms with Gasteiger partial charge in [-0.25, -0.2) is 0 Å². The first kappa shape index (κ1) is 18.1. The maximum atomic E-state index is 12.2. The van der Waals surface area contributed by atoms with Gasteiger partial charge in [0.15, 0.2) is 5.78 Å². The minimum atomic E-state index is -0.892. The van der Waals surface area contributed by atoms with Gasteiger partial charge in [0.25, 0.3) is 0 Å². The van der Waals surface area contributed by atoms with E-state index in [1.54, 1.807) is 36.4 Å². The molecule has 1 aromatic rings. The molecule has 0 bridgehead atoms. The van der Waals surface area contributed by atoms with Crippen molar-refractivity contribution in [3.63, 3.8) is 0 Å². The van der Waals surface area contributed by atoms with Crippen molar-refractivity contribution in [1.82, 2.24) is 0 Å². The molecule has 1 N–H and O–H groups in total. The number of aryl methyl sites for hydroxylation is 1. The van der Waals surface area contributed by atoms with Crippen molar-refractivity contribution in [2.24, 2.45) is 5.41 Å². The molecule has 0 radical (unpaired) electrons. The number of allylic oxidation sites excluding steroid dienone is 4. The third-order valence-corrected chi connectivity index (χ3v) is 4.40. The molecule has 0 amide bonds. The first-order chi connectivity index (χ1) is 11.5. The molecule has 1 aliphatic carbocycles. The molecular weight excluding hydrogens is 300 g/mol. The van der Waals surface area contributed by atoms with Crippen molar-refractivity contribution in [3.05, 3.63) is 71.3 Å². The second-order valence-corrected chi connectivity index (χ2v) is 6.35. The Morgan fingerprint density at radius 2 is 2.00 bits per heavy atom. The van der Waals surface area contributed by atoms with Crippen molar-refractivity contribution in [2.75, 3.05) is 0 Å². The van der Waals surface area contributed by atoms with Crippen LogP contribution in [0.3, 0.4) is 0 Å². The highest BCUT2D eigenvalue weighted by Crippen LogP contribution is 2.34. The minimum absolute atomic E-state index is 0.0827. The predicted octanol–water partition coefficient (Wildman–Crippen LogP) is 3.97. The van der Waals surface area contributed by atoms with Gasteiger partial charge in [0, 0.05) is 5.56 Å². The largest absolute Gasteiger partial charge is 0.388 e. The quantitative estimate of drug-likeness (QED) is 0.469. The van der Waals surface area contributed by atoms with E-state index >= 15 is 0 Å². The molecule has 0 saturated heterocycles. The Bertz CT molecular complexity index is 680. The number of carbonyl (C=O) groups is 2. The molecule has 0 fully saturated rings. The molecule has 24 heavy (non-hydrogen) atoms. The van der Waals surface area contributed by atoms with Crippen molar-refractivity contribution in [1.29, 1.82) is 0 Å². The van der Waals surface area contributed by atoms with Gasteiger partial charge in [0.1, 0.15) is 6.29 Å². The van der Waals surface area contributed by atoms with Crippen LogP contribution in [0.4, 0.5) is 0 Å². The van der Waals surface area contributed by atoms with E-state index in [1.807, 2.05) is 26.0 Å². The lowest BCUT2D eigenvalue weighted by atomic mass is 9.74. The standard InChI is InChI=1S/C21H24O3/c1-3-4-13-21(15-22)14-17(8-12-20(21)24)7-11-19(23)18-9-5-16(2)6-10-18/h5-12,14-15,20,24H,3-4,13H2,1-2H3/b11-7+. The summed E-state index contributed by atoms with van der Waals surface area (Å²) in [6, 6.07) is 7.40. The highest BCUT2D eigenvalue weighted by atomic mass is 16.3. The molecule has 126 valence electrons. The Hall–Kier alpha value is -2.26. The molecule has 2 unspecified atom stereocenters. The summed E-state index contributed by atoms with van der Waals surface area (Å²) in [5.41, 5.74) is 1.61. The highest BCUT2D eigenvalue weighted by molar-refractivity contribution is 6.04. The number of rotatable bonds is 7. The van der Waals surface area contributed by atoms with E-state index in [1.165, 1.54) is 6.08 Å². The van der Waals surface area contributed by atoms with Crippen molar-refractivity contribution in [3.8, 4) is 0 Å². The van der Waals surface area contributed by atoms with Gasteiger partial charge in [-0.1, -0.05) is 73.9 Å². The van der Waals surface area contributed by atoms with E-state index in [0.717, 1.165) is 30.3 Å². The van der Waals surface area contributed by atoms with Crippen LogP contribution in [0.5, 0.6) is 0 Å². The molecule has 0 aromatic heterocycles. The van der Waals surface area contributed by atoms with Gasteiger partial charge in [0.2, 0.25) is 0 Å². The third kappa shape index (κ3) is 4.18. The van der Waals surface area contributed by atoms with Gasteiger partial charge in [0.05, 0.1) is 11.5 Å². The van der Waals surface area contributed by atoms with Gasteiger partial charge in [-0.2, -0.15) is 0 Å². The first-order valence-corrected chi connectivity index (χ1v) is 8.35. The van der Waals surface area contributed by atoms with Gasteiger partial charge in [-0.05, 0) is 25.0 Å². The normalized spacial score (nSPS) is 23.3. The van der Waals surface area contributed by atoms with Crippen molar-refractivity contribution >= 4 is 12.1 Å². The van der Waals surface area contributed by atoms with E-state index in [0.29, 0.717) is 12.0 Å². The summed E-state index contributed by atoms with van der Waals surface area (Å²) in [4.78, 5) is 23.8. The lowest BCUT2D eigenvalue weighted by molar-refractivity contribution is -0.118. The number of ketones is 1. The van der Waals surface area contributed by atoms with Crippen LogP contribution in [0.15, 0.2) is 60.2 Å². The number of hydrogen-bond donors (Lipinski definition) is 1. The number of aldehydes is 1. The van der Waals surface area contributed by atoms with Gasteiger partial charge >= 0.3 is 0 Å². The van der Waals surface area contributed by atoms with Gasteiger partial charge < -0.3 is 9.90 Å². The van der Waals surface area contributed by atoms with Crippen molar-refractivity contribution < 1.29 is 14.7 Å². The molecule has 0 spiro atoms. The Labute approximate surface area is 143 Å². The summed E-state index contributed by atoms with van der Waals surface area (Å²) in [6.45, 7) is 4.02. The molecule has 0 aliphatic heterocycles. The predicted molar refractivity (Wildman–Crippen MR) is 95.9 cm³/mol. The van der Waals surface area contributed by atoms with Crippen LogP contribution >= 0.6 is 0 Å². The summed E-state index contributed by atoms with van der Waals surface area (Å²) in [5.74, 6) is -0.0827. The summed E-state index contributed by atoms with van der Waals surface area (Å²) in [7, 11) is 0. The van der Waals surface area contributed by atoms with Crippen LogP contribution in [-0.4, -0.2) is 23.3 Å². The van der Waals surface area contributed by atoms with Crippen LogP contribution in [0, 0.1) is 12.3 Å². The fraction of sp³-hybridized carbons (Fsp3) is 0.333. The molecule has 1 aliphatic rings. The molecule has 0 saturated carbocycles. The molecule has 2 atom stereocenters. The van der Waals surface area contributed by atoms with Crippen LogP contribution in [-0.2, 0) is 4.79 Å². The average Bonchev–Trinajstić information content (AvgIpc) is 2.60. The Kier molecular flexibility index (Phi) is 6.04. The zero-order valence-corrected chi connectivity index (χ0v) is 14.2. The molecule has 1 aromatic carbocycles. The average molecular weight is 324 g/mol. The SMILES string of the molecule is CCCCC1(C=O)C=C(/C=C/C(=O)c2ccc(C)cc2)C=CC1O. The van der Waals surface area contributed by atoms with E-state index in [9.17, 15) is 14.7 Å². The van der Waals surface area contributed by atoms with Crippen LogP contribution < -0.4 is 0 Å². The molecule has 3 heteroatoms. The lowest BCUT2D eigenvalue weighted by Gasteiger charge is -2.31. The highest BCUT2D eigenvalue weighted by Gasteiger charge is 2.35. The zero-order valence-electron chi connectivity index (χ0n) is 14.2. The zero-order chi connectivity index (χ0) is 17.6. The minimum Gasteiger partial charge on any atom is -0.388 e. The lowest BCUT2D eigenvalue weighted by Crippen LogP contribution is -2.35. The fourth-order valence-corrected chi connectivity index (χ4v) is 2.78. The van der Waals surface area contributed by atoms with Crippen LogP contribution in [0.25, 0.3) is 0 Å². The maximum Gasteiger partial charge on any atom is 0.185 e. The number of aliphatic hydroxyl groups excluding tert-OH is 1. The second kappa shape index (κ2) is 8.02. The molecule has 0 heterocycles. The molecule has 2 rings (SSSR count). The van der Waals surface area contributed by atoms with E-state index in [4.69, 9.17) is 0 Å². The monoisotopic (exact) mass is 324 g/mol.